The molecule has 43 heavy (non-hydrogen) atoms. The van der Waals surface area contributed by atoms with E-state index in [0.29, 0.717) is 13.2 Å². The monoisotopic (exact) mass is 579 g/mol. The van der Waals surface area contributed by atoms with Gasteiger partial charge in [0.05, 0.1) is 29.7 Å². The number of hydrogen-bond donors (Lipinski definition) is 0. The van der Waals surface area contributed by atoms with Crippen molar-refractivity contribution < 1.29 is 19.1 Å². The Kier molecular flexibility index (Phi) is 9.60. The van der Waals surface area contributed by atoms with Crippen molar-refractivity contribution in [3.05, 3.63) is 95.1 Å². The molecule has 7 heteroatoms. The lowest BCUT2D eigenvalue weighted by atomic mass is 9.82. The lowest BCUT2D eigenvalue weighted by Gasteiger charge is -2.29. The van der Waals surface area contributed by atoms with Crippen LogP contribution in [0.5, 0.6) is 5.75 Å². The summed E-state index contributed by atoms with van der Waals surface area (Å²) >= 11 is 0. The first kappa shape index (κ1) is 30.1. The molecule has 0 aromatic heterocycles. The fourth-order valence-corrected chi connectivity index (χ4v) is 5.72. The second-order valence-corrected chi connectivity index (χ2v) is 11.5. The maximum Gasteiger partial charge on any atom is 0.349 e. The number of esters is 1. The van der Waals surface area contributed by atoms with E-state index in [9.17, 15) is 9.59 Å². The molecule has 0 unspecified atom stereocenters. The van der Waals surface area contributed by atoms with Gasteiger partial charge in [0.1, 0.15) is 12.4 Å². The van der Waals surface area contributed by atoms with Gasteiger partial charge in [-0.15, -0.1) is 0 Å². The standard InChI is InChI=1S/C36H41N3O4/c1-5-42-34(40)21-18-27-16-19-30(20-17-27)38-32-22-26(4)33(43-24-28-12-8-6-9-13-28)23-31(32)35(29-14-10-7-11-15-29)37-39(25(2)3)36(38)41/h6,8-9,12-13,16-23,25,29H,5,7,10-11,14-15,24H2,1-4H3. The maximum atomic E-state index is 14.3. The van der Waals surface area contributed by atoms with E-state index in [2.05, 4.69) is 24.3 Å². The van der Waals surface area contributed by atoms with Gasteiger partial charge in [0, 0.05) is 17.6 Å². The van der Waals surface area contributed by atoms with Crippen molar-refractivity contribution in [1.82, 2.24) is 5.01 Å². The normalized spacial score (nSPS) is 15.8. The maximum absolute atomic E-state index is 14.3. The first-order chi connectivity index (χ1) is 20.9. The van der Waals surface area contributed by atoms with Crippen molar-refractivity contribution in [2.45, 2.75) is 72.4 Å². The Labute approximate surface area is 254 Å². The van der Waals surface area contributed by atoms with E-state index in [1.807, 2.05) is 63.2 Å². The van der Waals surface area contributed by atoms with Gasteiger partial charge < -0.3 is 9.47 Å². The molecule has 2 amide bonds. The number of rotatable bonds is 9. The molecule has 3 aromatic rings. The topological polar surface area (TPSA) is 71.4 Å². The summed E-state index contributed by atoms with van der Waals surface area (Å²) in [6, 6.07) is 21.6. The minimum absolute atomic E-state index is 0.135. The van der Waals surface area contributed by atoms with Crippen LogP contribution in [0.15, 0.2) is 77.9 Å². The molecule has 0 radical (unpaired) electrons. The molecule has 0 N–H and O–H groups in total. The molecule has 1 aliphatic heterocycles. The molecule has 0 atom stereocenters. The van der Waals surface area contributed by atoms with Gasteiger partial charge in [0.15, 0.2) is 0 Å². The third-order valence-electron chi connectivity index (χ3n) is 7.98. The fraction of sp³-hybridized carbons (Fsp3) is 0.361. The van der Waals surface area contributed by atoms with Gasteiger partial charge in [0.2, 0.25) is 0 Å². The number of ether oxygens (including phenoxy) is 2. The van der Waals surface area contributed by atoms with Crippen LogP contribution in [0.3, 0.4) is 0 Å². The summed E-state index contributed by atoms with van der Waals surface area (Å²) in [5.41, 5.74) is 6.29. The highest BCUT2D eigenvalue weighted by Crippen LogP contribution is 2.41. The van der Waals surface area contributed by atoms with Gasteiger partial charge >= 0.3 is 12.0 Å². The Bertz CT molecular complexity index is 1490. The van der Waals surface area contributed by atoms with Crippen LogP contribution in [0.25, 0.3) is 6.08 Å². The van der Waals surface area contributed by atoms with E-state index < -0.39 is 0 Å². The van der Waals surface area contributed by atoms with Crippen LogP contribution in [0.4, 0.5) is 16.2 Å². The van der Waals surface area contributed by atoms with Crippen molar-refractivity contribution >= 4 is 35.2 Å². The molecular formula is C36H41N3O4. The quantitative estimate of drug-likeness (QED) is 0.188. The second kappa shape index (κ2) is 13.7. The Morgan fingerprint density at radius 3 is 2.42 bits per heavy atom. The molecule has 5 rings (SSSR count). The van der Waals surface area contributed by atoms with Gasteiger partial charge in [-0.05, 0) is 87.6 Å². The zero-order valence-electron chi connectivity index (χ0n) is 25.6. The van der Waals surface area contributed by atoms with Crippen molar-refractivity contribution in [2.75, 3.05) is 11.5 Å². The molecule has 3 aromatic carbocycles. The first-order valence-electron chi connectivity index (χ1n) is 15.3. The molecule has 1 saturated carbocycles. The van der Waals surface area contributed by atoms with Crippen LogP contribution < -0.4 is 9.64 Å². The molecule has 7 nitrogen and oxygen atoms in total. The Hall–Kier alpha value is -4.39. The van der Waals surface area contributed by atoms with Gasteiger partial charge in [-0.1, -0.05) is 61.7 Å². The third kappa shape index (κ3) is 6.99. The Morgan fingerprint density at radius 2 is 1.74 bits per heavy atom. The van der Waals surface area contributed by atoms with Crippen LogP contribution >= 0.6 is 0 Å². The number of hydrazone groups is 1. The summed E-state index contributed by atoms with van der Waals surface area (Å²) in [6.07, 6.45) is 8.76. The van der Waals surface area contributed by atoms with Crippen LogP contribution in [0, 0.1) is 12.8 Å². The van der Waals surface area contributed by atoms with E-state index in [1.165, 1.54) is 12.5 Å². The predicted octanol–water partition coefficient (Wildman–Crippen LogP) is 8.42. The molecule has 1 aliphatic carbocycles. The number of hydrogen-bond acceptors (Lipinski definition) is 5. The third-order valence-corrected chi connectivity index (χ3v) is 7.98. The molecule has 0 spiro atoms. The number of urea groups is 1. The number of carbonyl (C=O) groups excluding carboxylic acids is 2. The van der Waals surface area contributed by atoms with E-state index >= 15 is 0 Å². The SMILES string of the molecule is CCOC(=O)C=Cc1ccc(N2C(=O)N(C(C)C)N=C(C3CCCCC3)c3cc(OCc4ccccc4)c(C)cc32)cc1. The van der Waals surface area contributed by atoms with Crippen molar-refractivity contribution in [1.29, 1.82) is 0 Å². The molecule has 1 fully saturated rings. The van der Waals surface area contributed by atoms with Crippen LogP contribution in [0.2, 0.25) is 0 Å². The molecule has 0 saturated heterocycles. The zero-order valence-corrected chi connectivity index (χ0v) is 25.6. The minimum atomic E-state index is -0.385. The number of aryl methyl sites for hydroxylation is 1. The average molecular weight is 580 g/mol. The smallest absolute Gasteiger partial charge is 0.349 e. The molecule has 0 bridgehead atoms. The number of amides is 2. The van der Waals surface area contributed by atoms with Crippen LogP contribution in [0.1, 0.15) is 75.1 Å². The van der Waals surface area contributed by atoms with E-state index in [4.69, 9.17) is 14.6 Å². The summed E-state index contributed by atoms with van der Waals surface area (Å²) in [6.45, 7) is 8.58. The Morgan fingerprint density at radius 1 is 1.02 bits per heavy atom. The average Bonchev–Trinajstić information content (AvgIpc) is 3.14. The first-order valence-corrected chi connectivity index (χ1v) is 15.3. The summed E-state index contributed by atoms with van der Waals surface area (Å²) in [5, 5.41) is 6.73. The summed E-state index contributed by atoms with van der Waals surface area (Å²) in [5.74, 6) is 0.668. The van der Waals surface area contributed by atoms with Gasteiger partial charge in [-0.25, -0.2) is 14.6 Å². The molecule has 1 heterocycles. The highest BCUT2D eigenvalue weighted by Gasteiger charge is 2.35. The van der Waals surface area contributed by atoms with Crippen LogP contribution in [-0.2, 0) is 16.1 Å². The van der Waals surface area contributed by atoms with Gasteiger partial charge in [-0.2, -0.15) is 5.10 Å². The molecule has 2 aliphatic rings. The van der Waals surface area contributed by atoms with Gasteiger partial charge in [0.25, 0.3) is 0 Å². The largest absolute Gasteiger partial charge is 0.489 e. The highest BCUT2D eigenvalue weighted by molar-refractivity contribution is 6.14. The zero-order chi connectivity index (χ0) is 30.3. The van der Waals surface area contributed by atoms with Crippen molar-refractivity contribution in [3.8, 4) is 5.75 Å². The second-order valence-electron chi connectivity index (χ2n) is 11.5. The number of nitrogens with zero attached hydrogens (tertiary/aromatic N) is 3. The number of benzene rings is 3. The minimum Gasteiger partial charge on any atom is -0.489 e. The number of fused-ring (bicyclic) bond motifs is 1. The molecule has 224 valence electrons. The highest BCUT2D eigenvalue weighted by atomic mass is 16.5. The van der Waals surface area contributed by atoms with Gasteiger partial charge in [-0.3, -0.25) is 4.90 Å². The number of carbonyl (C=O) groups is 2. The predicted molar refractivity (Wildman–Crippen MR) is 172 cm³/mol. The fourth-order valence-electron chi connectivity index (χ4n) is 5.72. The lowest BCUT2D eigenvalue weighted by molar-refractivity contribution is -0.137. The molecular weight excluding hydrogens is 538 g/mol. The summed E-state index contributed by atoms with van der Waals surface area (Å²) < 4.78 is 11.4. The Balaban J connectivity index is 1.59. The van der Waals surface area contributed by atoms with Crippen LogP contribution in [-0.4, -0.2) is 35.4 Å². The van der Waals surface area contributed by atoms with Crippen molar-refractivity contribution in [2.24, 2.45) is 11.0 Å². The van der Waals surface area contributed by atoms with Crippen molar-refractivity contribution in [3.63, 3.8) is 0 Å². The van der Waals surface area contributed by atoms with E-state index in [-0.39, 0.29) is 24.0 Å². The van der Waals surface area contributed by atoms with E-state index in [0.717, 1.165) is 70.8 Å². The van der Waals surface area contributed by atoms with E-state index in [1.54, 1.807) is 22.9 Å². The summed E-state index contributed by atoms with van der Waals surface area (Å²) in [7, 11) is 0. The number of anilines is 2. The summed E-state index contributed by atoms with van der Waals surface area (Å²) in [4.78, 5) is 27.9. The lowest BCUT2D eigenvalue weighted by Crippen LogP contribution is -2.41.